The van der Waals surface area contributed by atoms with Gasteiger partial charge in [-0.3, -0.25) is 16.0 Å². The molecule has 7 nitrogen and oxygen atoms in total. The van der Waals surface area contributed by atoms with Gasteiger partial charge < -0.3 is 15.8 Å². The molecular weight excluding hydrogens is 260 g/mol. The summed E-state index contributed by atoms with van der Waals surface area (Å²) in [7, 11) is 0. The summed E-state index contributed by atoms with van der Waals surface area (Å²) >= 11 is 0. The van der Waals surface area contributed by atoms with E-state index in [-0.39, 0.29) is 23.3 Å². The minimum absolute atomic E-state index is 0.00626. The van der Waals surface area contributed by atoms with E-state index in [1.807, 2.05) is 20.8 Å². The van der Waals surface area contributed by atoms with Crippen molar-refractivity contribution >= 4 is 17.1 Å². The van der Waals surface area contributed by atoms with Crippen molar-refractivity contribution in [2.75, 3.05) is 17.3 Å². The van der Waals surface area contributed by atoms with E-state index in [4.69, 9.17) is 5.84 Å². The Morgan fingerprint density at radius 2 is 2.00 bits per heavy atom. The first-order valence-electron chi connectivity index (χ1n) is 6.40. The highest BCUT2D eigenvalue weighted by Crippen LogP contribution is 2.32. The molecule has 0 spiro atoms. The molecule has 20 heavy (non-hydrogen) atoms. The van der Waals surface area contributed by atoms with Gasteiger partial charge in [0.2, 0.25) is 0 Å². The number of nitro benzene ring substituents is 1. The molecule has 7 heteroatoms. The van der Waals surface area contributed by atoms with E-state index >= 15 is 0 Å². The first-order valence-corrected chi connectivity index (χ1v) is 6.40. The van der Waals surface area contributed by atoms with Crippen LogP contribution in [0.25, 0.3) is 0 Å². The molecule has 1 aromatic carbocycles. The highest BCUT2D eigenvalue weighted by Gasteiger charge is 2.21. The zero-order valence-electron chi connectivity index (χ0n) is 12.0. The van der Waals surface area contributed by atoms with Gasteiger partial charge in [-0.2, -0.15) is 0 Å². The SMILES string of the molecule is CC(C)(C)CC(O)CNc1cccc(NN)c1[N+](=O)[O-]. The van der Waals surface area contributed by atoms with Crippen molar-refractivity contribution in [3.8, 4) is 0 Å². The van der Waals surface area contributed by atoms with Crippen LogP contribution in [0.3, 0.4) is 0 Å². The molecule has 0 amide bonds. The number of hydrazine groups is 1. The van der Waals surface area contributed by atoms with Gasteiger partial charge in [-0.15, -0.1) is 0 Å². The predicted octanol–water partition coefficient (Wildman–Crippen LogP) is 2.09. The third kappa shape index (κ3) is 4.67. The number of hydrogen-bond acceptors (Lipinski definition) is 6. The lowest BCUT2D eigenvalue weighted by Crippen LogP contribution is -2.25. The molecule has 5 N–H and O–H groups in total. The predicted molar refractivity (Wildman–Crippen MR) is 79.5 cm³/mol. The summed E-state index contributed by atoms with van der Waals surface area (Å²) in [5.74, 6) is 5.26. The Bertz CT molecular complexity index is 471. The number of nitrogen functional groups attached to an aromatic ring is 1. The average molecular weight is 282 g/mol. The molecule has 0 heterocycles. The Balaban J connectivity index is 2.80. The molecule has 1 rings (SSSR count). The second kappa shape index (κ2) is 6.53. The summed E-state index contributed by atoms with van der Waals surface area (Å²) in [6.45, 7) is 6.32. The minimum Gasteiger partial charge on any atom is -0.391 e. The Hall–Kier alpha value is -1.86. The van der Waals surface area contributed by atoms with Crippen LogP contribution in [0, 0.1) is 15.5 Å². The van der Waals surface area contributed by atoms with Crippen LogP contribution in [-0.2, 0) is 0 Å². The molecule has 0 fully saturated rings. The summed E-state index contributed by atoms with van der Waals surface area (Å²) in [6, 6.07) is 4.76. The topological polar surface area (TPSA) is 113 Å². The standard InChI is InChI=1S/C13H22N4O3/c1-13(2,3)7-9(18)8-15-10-5-4-6-11(16-14)12(10)17(19)20/h4-6,9,15-16,18H,7-8,14H2,1-3H3. The highest BCUT2D eigenvalue weighted by atomic mass is 16.6. The molecule has 112 valence electrons. The van der Waals surface area contributed by atoms with Gasteiger partial charge in [0, 0.05) is 6.54 Å². The maximum Gasteiger partial charge on any atom is 0.316 e. The van der Waals surface area contributed by atoms with E-state index in [2.05, 4.69) is 10.7 Å². The van der Waals surface area contributed by atoms with Gasteiger partial charge in [-0.1, -0.05) is 26.8 Å². The van der Waals surface area contributed by atoms with Crippen LogP contribution < -0.4 is 16.6 Å². The second-order valence-corrected chi connectivity index (χ2v) is 5.90. The second-order valence-electron chi connectivity index (χ2n) is 5.90. The molecule has 0 aliphatic carbocycles. The number of rotatable bonds is 6. The smallest absolute Gasteiger partial charge is 0.316 e. The molecule has 1 unspecified atom stereocenters. The molecule has 0 aromatic heterocycles. The van der Waals surface area contributed by atoms with Crippen LogP contribution >= 0.6 is 0 Å². The normalized spacial score (nSPS) is 12.8. The van der Waals surface area contributed by atoms with Gasteiger partial charge in [-0.25, -0.2) is 0 Å². The van der Waals surface area contributed by atoms with Gasteiger partial charge in [0.15, 0.2) is 0 Å². The Morgan fingerprint density at radius 1 is 1.40 bits per heavy atom. The number of nitrogens with two attached hydrogens (primary N) is 1. The largest absolute Gasteiger partial charge is 0.391 e. The number of hydrogen-bond donors (Lipinski definition) is 4. The lowest BCUT2D eigenvalue weighted by atomic mass is 9.89. The number of aliphatic hydroxyl groups excluding tert-OH is 1. The first-order chi connectivity index (χ1) is 9.24. The number of nitro groups is 1. The van der Waals surface area contributed by atoms with Crippen LogP contribution in [0.5, 0.6) is 0 Å². The third-order valence-electron chi connectivity index (χ3n) is 2.75. The van der Waals surface area contributed by atoms with Crippen molar-refractivity contribution in [3.05, 3.63) is 28.3 Å². The van der Waals surface area contributed by atoms with Crippen LogP contribution in [0.1, 0.15) is 27.2 Å². The van der Waals surface area contributed by atoms with Gasteiger partial charge in [0.05, 0.1) is 11.0 Å². The van der Waals surface area contributed by atoms with Crippen LogP contribution in [0.2, 0.25) is 0 Å². The molecule has 0 bridgehead atoms. The van der Waals surface area contributed by atoms with Crippen molar-refractivity contribution in [1.82, 2.24) is 0 Å². The number of benzene rings is 1. The number of aliphatic hydroxyl groups is 1. The van der Waals surface area contributed by atoms with Gasteiger partial charge >= 0.3 is 5.69 Å². The van der Waals surface area contributed by atoms with E-state index in [1.54, 1.807) is 12.1 Å². The van der Waals surface area contributed by atoms with Crippen molar-refractivity contribution in [2.24, 2.45) is 11.3 Å². The molecule has 1 aromatic rings. The number of para-hydroxylation sites is 1. The van der Waals surface area contributed by atoms with E-state index in [9.17, 15) is 15.2 Å². The summed E-state index contributed by atoms with van der Waals surface area (Å²) in [5.41, 5.74) is 2.72. The highest BCUT2D eigenvalue weighted by molar-refractivity contribution is 5.75. The fourth-order valence-electron chi connectivity index (χ4n) is 2.01. The van der Waals surface area contributed by atoms with Crippen LogP contribution in [-0.4, -0.2) is 22.7 Å². The average Bonchev–Trinajstić information content (AvgIpc) is 2.33. The minimum atomic E-state index is -0.580. The molecule has 0 radical (unpaired) electrons. The molecule has 0 aliphatic rings. The summed E-state index contributed by atoms with van der Waals surface area (Å²) in [6.07, 6.45) is 0.0203. The Labute approximate surface area is 118 Å². The van der Waals surface area contributed by atoms with E-state index in [0.29, 0.717) is 12.1 Å². The zero-order chi connectivity index (χ0) is 15.3. The van der Waals surface area contributed by atoms with Crippen molar-refractivity contribution in [1.29, 1.82) is 0 Å². The monoisotopic (exact) mass is 282 g/mol. The molecule has 1 atom stereocenters. The maximum atomic E-state index is 11.1. The van der Waals surface area contributed by atoms with Gasteiger partial charge in [0.25, 0.3) is 0 Å². The molecule has 0 saturated carbocycles. The van der Waals surface area contributed by atoms with Crippen LogP contribution in [0.15, 0.2) is 18.2 Å². The quantitative estimate of drug-likeness (QED) is 0.361. The van der Waals surface area contributed by atoms with E-state index < -0.39 is 11.0 Å². The molecular formula is C13H22N4O3. The molecule has 0 aliphatic heterocycles. The number of nitrogens with one attached hydrogen (secondary N) is 2. The Kier molecular flexibility index (Phi) is 5.29. The van der Waals surface area contributed by atoms with E-state index in [0.717, 1.165) is 0 Å². The van der Waals surface area contributed by atoms with Crippen molar-refractivity contribution < 1.29 is 10.0 Å². The lowest BCUT2D eigenvalue weighted by Gasteiger charge is -2.22. The Morgan fingerprint density at radius 3 is 2.50 bits per heavy atom. The van der Waals surface area contributed by atoms with Crippen molar-refractivity contribution in [3.63, 3.8) is 0 Å². The van der Waals surface area contributed by atoms with Gasteiger partial charge in [-0.05, 0) is 24.0 Å². The fraction of sp³-hybridized carbons (Fsp3) is 0.538. The zero-order valence-corrected chi connectivity index (χ0v) is 12.0. The van der Waals surface area contributed by atoms with Crippen molar-refractivity contribution in [2.45, 2.75) is 33.3 Å². The number of nitrogens with zero attached hydrogens (tertiary/aromatic N) is 1. The summed E-state index contributed by atoms with van der Waals surface area (Å²) < 4.78 is 0. The summed E-state index contributed by atoms with van der Waals surface area (Å²) in [5, 5.41) is 23.9. The third-order valence-corrected chi connectivity index (χ3v) is 2.75. The number of anilines is 2. The van der Waals surface area contributed by atoms with Gasteiger partial charge in [0.1, 0.15) is 11.4 Å². The van der Waals surface area contributed by atoms with Crippen LogP contribution in [0.4, 0.5) is 17.1 Å². The summed E-state index contributed by atoms with van der Waals surface area (Å²) in [4.78, 5) is 10.6. The molecule has 0 saturated heterocycles. The first kappa shape index (κ1) is 16.2. The maximum absolute atomic E-state index is 11.1. The van der Waals surface area contributed by atoms with E-state index in [1.165, 1.54) is 6.07 Å². The fourth-order valence-corrected chi connectivity index (χ4v) is 2.01. The lowest BCUT2D eigenvalue weighted by molar-refractivity contribution is -0.383.